The number of rotatable bonds is 5. The number of fused-ring (bicyclic) bond motifs is 5. The van der Waals surface area contributed by atoms with Crippen LogP contribution in [0.1, 0.15) is 12.0 Å². The first-order chi connectivity index (χ1) is 15.0. The topological polar surface area (TPSA) is 92.8 Å². The first kappa shape index (κ1) is 23.2. The lowest BCUT2D eigenvalue weighted by molar-refractivity contribution is -0.154. The van der Waals surface area contributed by atoms with Gasteiger partial charge >= 0.3 is 12.1 Å². The van der Waals surface area contributed by atoms with Crippen LogP contribution < -0.4 is 5.32 Å². The van der Waals surface area contributed by atoms with E-state index >= 15 is 0 Å². The number of nitrogens with one attached hydrogen (secondary N) is 1. The molecule has 3 amide bonds. The van der Waals surface area contributed by atoms with Gasteiger partial charge in [-0.1, -0.05) is 44.0 Å². The Morgan fingerprint density at radius 2 is 1.62 bits per heavy atom. The Hall–Kier alpha value is -1.95. The van der Waals surface area contributed by atoms with E-state index in [9.17, 15) is 32.3 Å². The summed E-state index contributed by atoms with van der Waals surface area (Å²) in [5, 5.41) is 2.05. The molecule has 0 unspecified atom stereocenters. The van der Waals surface area contributed by atoms with Crippen LogP contribution in [0.4, 0.5) is 18.9 Å². The quantitative estimate of drug-likeness (QED) is 0.328. The van der Waals surface area contributed by atoms with Crippen molar-refractivity contribution in [2.24, 2.45) is 23.7 Å². The van der Waals surface area contributed by atoms with Gasteiger partial charge < -0.3 is 10.1 Å². The third-order valence-electron chi connectivity index (χ3n) is 6.24. The number of halogens is 5. The fourth-order valence-electron chi connectivity index (χ4n) is 4.91. The number of hydrogen-bond donors (Lipinski definition) is 1. The summed E-state index contributed by atoms with van der Waals surface area (Å²) in [6.07, 6.45) is -3.92. The molecule has 0 spiro atoms. The minimum atomic E-state index is -4.67. The van der Waals surface area contributed by atoms with E-state index in [0.717, 1.165) is 23.5 Å². The molecule has 2 bridgehead atoms. The van der Waals surface area contributed by atoms with Crippen LogP contribution >= 0.6 is 31.9 Å². The maximum atomic E-state index is 13.0. The fourth-order valence-corrected chi connectivity index (χ4v) is 6.79. The Bertz CT molecular complexity index is 956. The van der Waals surface area contributed by atoms with Crippen LogP contribution in [0.2, 0.25) is 0 Å². The lowest BCUT2D eigenvalue weighted by Gasteiger charge is -2.28. The maximum Gasteiger partial charge on any atom is 0.418 e. The summed E-state index contributed by atoms with van der Waals surface area (Å²) in [6.45, 7) is -1.50. The van der Waals surface area contributed by atoms with E-state index in [0.29, 0.717) is 0 Å². The number of benzene rings is 1. The predicted molar refractivity (Wildman–Crippen MR) is 112 cm³/mol. The standard InChI is InChI=1S/C20H17Br2F3N2O5/c21-16-8-5-9(17(16)22)15-14(8)18(30)27(19(15)31)6-13(29)32-7-12(28)26-11-4-2-1-3-10(11)20(23,24)25/h1-4,8-9,14-17H,5-7H2,(H,26,28)/t8-,9-,14-,15-,16-,17+/m1/s1. The van der Waals surface area contributed by atoms with Crippen LogP contribution in [0.25, 0.3) is 0 Å². The van der Waals surface area contributed by atoms with Crippen molar-refractivity contribution in [3.05, 3.63) is 29.8 Å². The molecule has 1 heterocycles. The molecular formula is C20H17Br2F3N2O5. The van der Waals surface area contributed by atoms with Crippen LogP contribution in [-0.2, 0) is 30.1 Å². The Morgan fingerprint density at radius 1 is 1.06 bits per heavy atom. The van der Waals surface area contributed by atoms with Crippen LogP contribution in [0.5, 0.6) is 0 Å². The van der Waals surface area contributed by atoms with Gasteiger partial charge in [-0.05, 0) is 30.4 Å². The Balaban J connectivity index is 1.33. The number of hydrogen-bond acceptors (Lipinski definition) is 5. The van der Waals surface area contributed by atoms with Crippen molar-refractivity contribution in [2.45, 2.75) is 22.3 Å². The van der Waals surface area contributed by atoms with Crippen molar-refractivity contribution in [2.75, 3.05) is 18.5 Å². The third kappa shape index (κ3) is 3.95. The van der Waals surface area contributed by atoms with Crippen LogP contribution in [0.3, 0.4) is 0 Å². The minimum absolute atomic E-state index is 0.00803. The molecule has 0 radical (unpaired) electrons. The van der Waals surface area contributed by atoms with Gasteiger partial charge in [0, 0.05) is 9.65 Å². The lowest BCUT2D eigenvalue weighted by atomic mass is 9.81. The molecule has 3 aliphatic rings. The van der Waals surface area contributed by atoms with Gasteiger partial charge in [-0.25, -0.2) is 0 Å². The summed E-state index contributed by atoms with van der Waals surface area (Å²) in [6, 6.07) is 4.39. The molecule has 7 nitrogen and oxygen atoms in total. The Morgan fingerprint density at radius 3 is 2.19 bits per heavy atom. The second-order valence-corrected chi connectivity index (χ2v) is 10.1. The van der Waals surface area contributed by atoms with Gasteiger partial charge in [0.2, 0.25) is 11.8 Å². The zero-order valence-corrected chi connectivity index (χ0v) is 19.4. The molecule has 6 atom stereocenters. The van der Waals surface area contributed by atoms with E-state index in [2.05, 4.69) is 37.2 Å². The molecule has 12 heteroatoms. The number of ether oxygens (including phenoxy) is 1. The second-order valence-electron chi connectivity index (χ2n) is 8.02. The van der Waals surface area contributed by atoms with Crippen molar-refractivity contribution in [3.8, 4) is 0 Å². The summed E-state index contributed by atoms with van der Waals surface area (Å²) in [4.78, 5) is 50.6. The van der Waals surface area contributed by atoms with E-state index in [1.54, 1.807) is 0 Å². The number of para-hydroxylation sites is 1. The van der Waals surface area contributed by atoms with Gasteiger partial charge in [0.25, 0.3) is 5.91 Å². The number of nitrogens with zero attached hydrogens (tertiary/aromatic N) is 1. The van der Waals surface area contributed by atoms with Crippen LogP contribution in [0.15, 0.2) is 24.3 Å². The fraction of sp³-hybridized carbons (Fsp3) is 0.500. The van der Waals surface area contributed by atoms with E-state index in [-0.39, 0.29) is 21.5 Å². The number of imide groups is 1. The van der Waals surface area contributed by atoms with E-state index in [1.807, 2.05) is 0 Å². The van der Waals surface area contributed by atoms with E-state index in [4.69, 9.17) is 4.74 Å². The molecule has 1 aliphatic heterocycles. The number of amides is 3. The van der Waals surface area contributed by atoms with Crippen LogP contribution in [0, 0.1) is 23.7 Å². The number of esters is 1. The summed E-state index contributed by atoms with van der Waals surface area (Å²) in [5.41, 5.74) is -1.51. The zero-order chi connectivity index (χ0) is 23.4. The summed E-state index contributed by atoms with van der Waals surface area (Å²) < 4.78 is 43.8. The molecular weight excluding hydrogens is 565 g/mol. The van der Waals surface area contributed by atoms with Crippen molar-refractivity contribution in [1.82, 2.24) is 4.90 Å². The maximum absolute atomic E-state index is 13.0. The molecule has 0 aromatic heterocycles. The molecule has 1 saturated heterocycles. The monoisotopic (exact) mass is 580 g/mol. The highest BCUT2D eigenvalue weighted by Crippen LogP contribution is 2.60. The molecule has 1 N–H and O–H groups in total. The third-order valence-corrected chi connectivity index (χ3v) is 9.44. The highest BCUT2D eigenvalue weighted by Gasteiger charge is 2.66. The van der Waals surface area contributed by atoms with Gasteiger partial charge in [-0.15, -0.1) is 0 Å². The number of anilines is 1. The van der Waals surface area contributed by atoms with E-state index in [1.165, 1.54) is 12.1 Å². The number of carbonyl (C=O) groups is 4. The van der Waals surface area contributed by atoms with Crippen molar-refractivity contribution in [1.29, 1.82) is 0 Å². The summed E-state index contributed by atoms with van der Waals surface area (Å²) in [7, 11) is 0. The molecule has 1 aromatic carbocycles. The van der Waals surface area contributed by atoms with Gasteiger partial charge in [0.1, 0.15) is 6.54 Å². The molecule has 1 aromatic rings. The molecule has 2 saturated carbocycles. The van der Waals surface area contributed by atoms with Crippen molar-refractivity contribution < 1.29 is 37.1 Å². The molecule has 2 aliphatic carbocycles. The average Bonchev–Trinajstić information content (AvgIpc) is 3.33. The van der Waals surface area contributed by atoms with Gasteiger partial charge in [-0.2, -0.15) is 13.2 Å². The first-order valence-corrected chi connectivity index (χ1v) is 11.6. The summed E-state index contributed by atoms with van der Waals surface area (Å²) >= 11 is 7.13. The number of alkyl halides is 5. The zero-order valence-electron chi connectivity index (χ0n) is 16.3. The minimum Gasteiger partial charge on any atom is -0.454 e. The largest absolute Gasteiger partial charge is 0.454 e. The summed E-state index contributed by atoms with van der Waals surface area (Å²) in [5.74, 6) is -3.83. The Labute approximate surface area is 197 Å². The highest BCUT2D eigenvalue weighted by molar-refractivity contribution is 9.12. The highest BCUT2D eigenvalue weighted by atomic mass is 79.9. The number of carbonyl (C=O) groups excluding carboxylic acids is 4. The van der Waals surface area contributed by atoms with E-state index < -0.39 is 66.1 Å². The van der Waals surface area contributed by atoms with Crippen LogP contribution in [-0.4, -0.2) is 51.4 Å². The van der Waals surface area contributed by atoms with Gasteiger partial charge in [0.15, 0.2) is 6.61 Å². The van der Waals surface area contributed by atoms with Gasteiger partial charge in [-0.3, -0.25) is 24.1 Å². The first-order valence-electron chi connectivity index (χ1n) is 9.75. The average molecular weight is 582 g/mol. The SMILES string of the molecule is O=C(COC(=O)CN1C(=O)[C@@H]2[C@H]3C[C@@H]([C@@H](Br)[C@H]3Br)[C@H]2C1=O)Nc1ccccc1C(F)(F)F. The number of likely N-dealkylation sites (tertiary alicyclic amines) is 1. The van der Waals surface area contributed by atoms with Crippen molar-refractivity contribution in [3.63, 3.8) is 0 Å². The second kappa shape index (κ2) is 8.44. The smallest absolute Gasteiger partial charge is 0.418 e. The molecule has 172 valence electrons. The normalized spacial score (nSPS) is 31.1. The molecule has 3 fully saturated rings. The molecule has 4 rings (SSSR count). The van der Waals surface area contributed by atoms with Crippen molar-refractivity contribution >= 4 is 61.2 Å². The molecule has 32 heavy (non-hydrogen) atoms. The predicted octanol–water partition coefficient (Wildman–Crippen LogP) is 2.97. The lowest BCUT2D eigenvalue weighted by Crippen LogP contribution is -2.38. The van der Waals surface area contributed by atoms with Gasteiger partial charge in [0.05, 0.1) is 23.1 Å². The Kier molecular flexibility index (Phi) is 6.12.